The molecule has 1 aliphatic carbocycles. The van der Waals surface area contributed by atoms with Gasteiger partial charge in [-0.25, -0.2) is 4.79 Å². The standard InChI is InChI=1S/C23H32O8/c1-5-14(3)22(26)31-21-19-17(13-28-4)23(27)30-18(19)10-15(11-24)8-7-9-16(12-25)20(21)29-6-2/h5,9-10,12,17-21,24H,6-8,11,13H2,1-4H3/b14-5-,15-10-,16-9-/t17-,18-,19+,20+,21+/m1/s1. The smallest absolute Gasteiger partial charge is 0.333 e. The van der Waals surface area contributed by atoms with E-state index in [1.807, 2.05) is 0 Å². The summed E-state index contributed by atoms with van der Waals surface area (Å²) in [6.45, 7) is 5.23. The molecule has 172 valence electrons. The number of aliphatic hydroxyl groups excluding tert-OH is 1. The van der Waals surface area contributed by atoms with Crippen LogP contribution in [0.2, 0.25) is 0 Å². The first-order valence-corrected chi connectivity index (χ1v) is 10.5. The molecule has 1 fully saturated rings. The Kier molecular flexibility index (Phi) is 9.61. The Hall–Kier alpha value is -2.29. The van der Waals surface area contributed by atoms with Crippen molar-refractivity contribution in [2.24, 2.45) is 11.8 Å². The summed E-state index contributed by atoms with van der Waals surface area (Å²) >= 11 is 0. The van der Waals surface area contributed by atoms with Crippen molar-refractivity contribution in [2.75, 3.05) is 26.9 Å². The van der Waals surface area contributed by atoms with E-state index in [0.29, 0.717) is 35.8 Å². The van der Waals surface area contributed by atoms with Crippen molar-refractivity contribution in [3.63, 3.8) is 0 Å². The van der Waals surface area contributed by atoms with Crippen molar-refractivity contribution >= 4 is 18.2 Å². The third-order valence-electron chi connectivity index (χ3n) is 5.68. The topological polar surface area (TPSA) is 108 Å². The maximum atomic E-state index is 12.7. The van der Waals surface area contributed by atoms with Crippen molar-refractivity contribution in [2.45, 2.75) is 51.9 Å². The van der Waals surface area contributed by atoms with Gasteiger partial charge in [-0.15, -0.1) is 0 Å². The molecule has 2 rings (SSSR count). The predicted molar refractivity (Wildman–Crippen MR) is 112 cm³/mol. The molecule has 0 saturated carbocycles. The lowest BCUT2D eigenvalue weighted by atomic mass is 9.80. The van der Waals surface area contributed by atoms with Crippen LogP contribution >= 0.6 is 0 Å². The number of carbonyl (C=O) groups excluding carboxylic acids is 3. The molecule has 0 aromatic heterocycles. The first-order chi connectivity index (χ1) is 14.9. The molecule has 0 radical (unpaired) electrons. The molecule has 0 aromatic rings. The molecular weight excluding hydrogens is 404 g/mol. The summed E-state index contributed by atoms with van der Waals surface area (Å²) in [6, 6.07) is 0. The first-order valence-electron chi connectivity index (χ1n) is 10.5. The summed E-state index contributed by atoms with van der Waals surface area (Å²) in [5.74, 6) is -2.45. The lowest BCUT2D eigenvalue weighted by Gasteiger charge is -2.35. The van der Waals surface area contributed by atoms with Crippen LogP contribution in [0.25, 0.3) is 0 Å². The van der Waals surface area contributed by atoms with Gasteiger partial charge in [0.2, 0.25) is 0 Å². The van der Waals surface area contributed by atoms with Gasteiger partial charge in [-0.3, -0.25) is 9.59 Å². The number of esters is 2. The van der Waals surface area contributed by atoms with Gasteiger partial charge in [-0.2, -0.15) is 0 Å². The minimum Gasteiger partial charge on any atom is -0.457 e. The van der Waals surface area contributed by atoms with Gasteiger partial charge in [0, 0.05) is 24.9 Å². The van der Waals surface area contributed by atoms with E-state index in [9.17, 15) is 19.5 Å². The molecule has 5 atom stereocenters. The van der Waals surface area contributed by atoms with E-state index in [-0.39, 0.29) is 19.8 Å². The Labute approximate surface area is 182 Å². The van der Waals surface area contributed by atoms with Gasteiger partial charge in [0.05, 0.1) is 25.0 Å². The summed E-state index contributed by atoms with van der Waals surface area (Å²) in [6.07, 6.45) is 4.10. The summed E-state index contributed by atoms with van der Waals surface area (Å²) < 4.78 is 22.6. The molecule has 1 aliphatic heterocycles. The maximum absolute atomic E-state index is 12.7. The fourth-order valence-electron chi connectivity index (χ4n) is 3.95. The highest BCUT2D eigenvalue weighted by molar-refractivity contribution is 5.88. The average molecular weight is 437 g/mol. The zero-order valence-electron chi connectivity index (χ0n) is 18.5. The number of methoxy groups -OCH3 is 1. The second-order valence-corrected chi connectivity index (χ2v) is 7.60. The number of rotatable bonds is 8. The van der Waals surface area contributed by atoms with Gasteiger partial charge in [0.25, 0.3) is 0 Å². The molecule has 0 amide bonds. The molecule has 0 aromatic carbocycles. The van der Waals surface area contributed by atoms with Crippen LogP contribution in [0.5, 0.6) is 0 Å². The van der Waals surface area contributed by atoms with Crippen molar-refractivity contribution in [1.29, 1.82) is 0 Å². The number of aldehydes is 1. The van der Waals surface area contributed by atoms with E-state index in [1.54, 1.807) is 39.0 Å². The first kappa shape index (κ1) is 25.0. The van der Waals surface area contributed by atoms with Crippen molar-refractivity contribution < 1.29 is 38.4 Å². The van der Waals surface area contributed by atoms with Crippen LogP contribution in [-0.4, -0.2) is 68.6 Å². The maximum Gasteiger partial charge on any atom is 0.333 e. The fraction of sp³-hybridized carbons (Fsp3) is 0.609. The van der Waals surface area contributed by atoms with Crippen LogP contribution in [0.15, 0.2) is 34.9 Å². The Bertz CT molecular complexity index is 751. The minimum absolute atomic E-state index is 0.0535. The Balaban J connectivity index is 2.65. The highest BCUT2D eigenvalue weighted by atomic mass is 16.6. The largest absolute Gasteiger partial charge is 0.457 e. The highest BCUT2D eigenvalue weighted by Gasteiger charge is 2.52. The molecule has 0 bridgehead atoms. The Morgan fingerprint density at radius 1 is 1.39 bits per heavy atom. The van der Waals surface area contributed by atoms with Gasteiger partial charge >= 0.3 is 11.9 Å². The van der Waals surface area contributed by atoms with E-state index in [2.05, 4.69) is 0 Å². The number of allylic oxidation sites excluding steroid dienone is 2. The van der Waals surface area contributed by atoms with E-state index in [1.165, 1.54) is 7.11 Å². The van der Waals surface area contributed by atoms with Gasteiger partial charge in [-0.1, -0.05) is 12.2 Å². The fourth-order valence-corrected chi connectivity index (χ4v) is 3.95. The van der Waals surface area contributed by atoms with Gasteiger partial charge in [0.1, 0.15) is 24.6 Å². The molecule has 1 heterocycles. The van der Waals surface area contributed by atoms with Crippen molar-refractivity contribution in [1.82, 2.24) is 0 Å². The monoisotopic (exact) mass is 436 g/mol. The zero-order valence-corrected chi connectivity index (χ0v) is 18.5. The quantitative estimate of drug-likeness (QED) is 0.266. The third-order valence-corrected chi connectivity index (χ3v) is 5.68. The van der Waals surface area contributed by atoms with Crippen LogP contribution in [0, 0.1) is 11.8 Å². The van der Waals surface area contributed by atoms with E-state index >= 15 is 0 Å². The highest BCUT2D eigenvalue weighted by Crippen LogP contribution is 2.38. The Morgan fingerprint density at radius 3 is 2.71 bits per heavy atom. The molecule has 1 N–H and O–H groups in total. The number of fused-ring (bicyclic) bond motifs is 1. The summed E-state index contributed by atoms with van der Waals surface area (Å²) in [5.41, 5.74) is 1.39. The third kappa shape index (κ3) is 5.90. The number of hydrogen-bond acceptors (Lipinski definition) is 8. The molecule has 0 spiro atoms. The van der Waals surface area contributed by atoms with Crippen LogP contribution < -0.4 is 0 Å². The van der Waals surface area contributed by atoms with Crippen LogP contribution in [0.4, 0.5) is 0 Å². The van der Waals surface area contributed by atoms with Gasteiger partial charge < -0.3 is 24.1 Å². The van der Waals surface area contributed by atoms with Crippen LogP contribution in [-0.2, 0) is 33.3 Å². The summed E-state index contributed by atoms with van der Waals surface area (Å²) in [7, 11) is 1.47. The van der Waals surface area contributed by atoms with Gasteiger partial charge in [-0.05, 0) is 45.3 Å². The normalized spacial score (nSPS) is 32.7. The second kappa shape index (κ2) is 11.9. The predicted octanol–water partition coefficient (Wildman–Crippen LogP) is 1.91. The number of aliphatic hydroxyl groups is 1. The van der Waals surface area contributed by atoms with Crippen molar-refractivity contribution in [3.8, 4) is 0 Å². The van der Waals surface area contributed by atoms with Crippen molar-refractivity contribution in [3.05, 3.63) is 34.9 Å². The molecule has 2 aliphatic rings. The number of ether oxygens (including phenoxy) is 4. The molecule has 0 unspecified atom stereocenters. The van der Waals surface area contributed by atoms with E-state index in [0.717, 1.165) is 0 Å². The van der Waals surface area contributed by atoms with E-state index < -0.39 is 42.1 Å². The van der Waals surface area contributed by atoms with Crippen LogP contribution in [0.3, 0.4) is 0 Å². The van der Waals surface area contributed by atoms with Gasteiger partial charge in [0.15, 0.2) is 0 Å². The lowest BCUT2D eigenvalue weighted by molar-refractivity contribution is -0.159. The molecule has 8 nitrogen and oxygen atoms in total. The summed E-state index contributed by atoms with van der Waals surface area (Å²) in [4.78, 5) is 37.4. The number of hydrogen-bond donors (Lipinski definition) is 1. The molecule has 1 saturated heterocycles. The SMILES string of the molecule is C/C=C(/C)C(=O)O[C@H]1[C@@H]2[C@@H](/C=C(\CO)CC/C=C(/C=O)[C@@H]1OCC)OC(=O)[C@@H]2COC. The molecule has 8 heteroatoms. The molecular formula is C23H32O8. The number of carbonyl (C=O) groups is 3. The zero-order chi connectivity index (χ0) is 23.0. The lowest BCUT2D eigenvalue weighted by Crippen LogP contribution is -2.47. The second-order valence-electron chi connectivity index (χ2n) is 7.60. The average Bonchev–Trinajstić information content (AvgIpc) is 3.07. The summed E-state index contributed by atoms with van der Waals surface area (Å²) in [5, 5.41) is 9.76. The van der Waals surface area contributed by atoms with Crippen LogP contribution in [0.1, 0.15) is 33.6 Å². The Morgan fingerprint density at radius 2 is 2.13 bits per heavy atom. The van der Waals surface area contributed by atoms with E-state index in [4.69, 9.17) is 18.9 Å². The molecule has 31 heavy (non-hydrogen) atoms. The minimum atomic E-state index is -0.982.